The molecular weight excluding hydrogens is 763 g/mol. The van der Waals surface area contributed by atoms with Gasteiger partial charge in [0.05, 0.1) is 6.42 Å². The van der Waals surface area contributed by atoms with Crippen molar-refractivity contribution < 1.29 is 33.2 Å². The van der Waals surface area contributed by atoms with Crippen molar-refractivity contribution in [1.29, 1.82) is 0 Å². The van der Waals surface area contributed by atoms with Crippen LogP contribution in [0.1, 0.15) is 99.3 Å². The molecule has 4 N–H and O–H groups in total. The molecule has 0 aromatic heterocycles. The second kappa shape index (κ2) is 19.7. The van der Waals surface area contributed by atoms with E-state index in [1.165, 1.54) is 4.90 Å². The van der Waals surface area contributed by atoms with E-state index in [2.05, 4.69) is 66.3 Å². The lowest BCUT2D eigenvalue weighted by Gasteiger charge is -2.44. The highest BCUT2D eigenvalue weighted by Gasteiger charge is 2.51. The maximum atomic E-state index is 14.0. The van der Waals surface area contributed by atoms with Crippen LogP contribution in [0.3, 0.4) is 0 Å². The minimum Gasteiger partial charge on any atom is -0.398 e. The summed E-state index contributed by atoms with van der Waals surface area (Å²) in [4.78, 5) is 83.8. The summed E-state index contributed by atoms with van der Waals surface area (Å²) in [5, 5.41) is 13.2. The van der Waals surface area contributed by atoms with E-state index in [0.717, 1.165) is 10.4 Å². The largest absolute Gasteiger partial charge is 0.398 e. The number of nitrogens with zero attached hydrogens (tertiary/aromatic N) is 1. The Labute approximate surface area is 349 Å². The lowest BCUT2D eigenvalue weighted by atomic mass is 9.94. The molecule has 0 spiro atoms. The summed E-state index contributed by atoms with van der Waals surface area (Å²) in [7, 11) is -2.93. The van der Waals surface area contributed by atoms with Crippen molar-refractivity contribution in [2.75, 3.05) is 11.9 Å². The van der Waals surface area contributed by atoms with Gasteiger partial charge < -0.3 is 30.6 Å². The molecule has 2 saturated heterocycles. The number of benzene rings is 3. The molecule has 0 bridgehead atoms. The molecule has 3 aromatic rings. The zero-order valence-electron chi connectivity index (χ0n) is 35.3. The number of ketones is 1. The Morgan fingerprint density at radius 3 is 2.02 bits per heavy atom. The quantitative estimate of drug-likeness (QED) is 0.127. The van der Waals surface area contributed by atoms with Crippen LogP contribution < -0.4 is 31.6 Å². The summed E-state index contributed by atoms with van der Waals surface area (Å²) in [5.74, 6) is -2.59. The summed E-state index contributed by atoms with van der Waals surface area (Å²) in [5.41, 5.74) is -0.896. The normalized spacial score (nSPS) is 22.2. The van der Waals surface area contributed by atoms with Gasteiger partial charge in [0, 0.05) is 18.7 Å². The van der Waals surface area contributed by atoms with Crippen LogP contribution >= 0.6 is 0 Å². The lowest BCUT2D eigenvalue weighted by Crippen LogP contribution is -2.68. The van der Waals surface area contributed by atoms with Gasteiger partial charge in [0.2, 0.25) is 29.5 Å². The standard InChI is InChI=1S/C46H61N5O7Si/c1-7-46(6)44(57)49-37(31-40(53)47-33-21-12-8-13-22-33)43(56)51-30-20-28-38(51)42(55)48-36(41(54)50-46)27-18-11-19-29-39(52)32(2)58-59(45(3,4)5,34-23-14-9-15-24-34)35-25-16-10-17-26-35/h8-10,12-17,21-26,32,36-38H,7,11,18-20,27-31H2,1-6H3,(H,47,53)(H,48,55)(H,49,57)(H,50,54)/t32-,36-,37-,38+,46-/m0/s1. The van der Waals surface area contributed by atoms with Gasteiger partial charge in [-0.1, -0.05) is 119 Å². The van der Waals surface area contributed by atoms with E-state index in [1.807, 2.05) is 49.4 Å². The van der Waals surface area contributed by atoms with E-state index in [-0.39, 0.29) is 36.6 Å². The maximum Gasteiger partial charge on any atom is 0.262 e. The number of amides is 5. The fourth-order valence-corrected chi connectivity index (χ4v) is 12.9. The van der Waals surface area contributed by atoms with Gasteiger partial charge >= 0.3 is 0 Å². The highest BCUT2D eigenvalue weighted by atomic mass is 28.4. The van der Waals surface area contributed by atoms with Crippen LogP contribution in [0.5, 0.6) is 0 Å². The van der Waals surface area contributed by atoms with Crippen LogP contribution in [0.15, 0.2) is 91.0 Å². The van der Waals surface area contributed by atoms with Crippen LogP contribution in [-0.4, -0.2) is 84.8 Å². The van der Waals surface area contributed by atoms with Crippen molar-refractivity contribution in [1.82, 2.24) is 20.9 Å². The van der Waals surface area contributed by atoms with Crippen molar-refractivity contribution >= 4 is 59.7 Å². The SMILES string of the molecule is CC[C@]1(C)NC(=O)[C@H](CCCCCC(=O)[C@H](C)O[Si](c2ccccc2)(c2ccccc2)C(C)(C)C)NC(=O)[C@H]2CCCN2C(=O)[C@H](CC(=O)Nc2ccccc2)NC1=O. The molecular formula is C46H61N5O7Si. The molecule has 316 valence electrons. The van der Waals surface area contributed by atoms with Crippen LogP contribution in [0.2, 0.25) is 5.04 Å². The molecule has 2 aliphatic rings. The number of carbonyl (C=O) groups is 6. The summed E-state index contributed by atoms with van der Waals surface area (Å²) in [6, 6.07) is 26.1. The number of hydrogen-bond donors (Lipinski definition) is 4. The fourth-order valence-electron chi connectivity index (χ4n) is 8.19. The summed E-state index contributed by atoms with van der Waals surface area (Å²) >= 11 is 0. The van der Waals surface area contributed by atoms with Crippen LogP contribution in [0.25, 0.3) is 0 Å². The van der Waals surface area contributed by atoms with Gasteiger partial charge in [-0.2, -0.15) is 0 Å². The first kappa shape index (κ1) is 45.0. The fraction of sp³-hybridized carbons (Fsp3) is 0.478. The van der Waals surface area contributed by atoms with Gasteiger partial charge in [0.15, 0.2) is 5.78 Å². The molecule has 5 atom stereocenters. The summed E-state index contributed by atoms with van der Waals surface area (Å²) in [6.07, 6.45) is 2.38. The number of carbonyl (C=O) groups excluding carboxylic acids is 6. The number of unbranched alkanes of at least 4 members (excludes halogenated alkanes) is 2. The van der Waals surface area contributed by atoms with E-state index in [0.29, 0.717) is 44.2 Å². The van der Waals surface area contributed by atoms with Gasteiger partial charge in [0.1, 0.15) is 29.8 Å². The Balaban J connectivity index is 1.24. The van der Waals surface area contributed by atoms with Crippen molar-refractivity contribution in [3.05, 3.63) is 91.0 Å². The predicted octanol–water partition coefficient (Wildman–Crippen LogP) is 4.76. The van der Waals surface area contributed by atoms with E-state index < -0.39 is 67.6 Å². The average Bonchev–Trinajstić information content (AvgIpc) is 3.72. The minimum atomic E-state index is -2.93. The molecule has 0 unspecified atom stereocenters. The zero-order chi connectivity index (χ0) is 42.8. The van der Waals surface area contributed by atoms with E-state index in [1.54, 1.807) is 38.1 Å². The Morgan fingerprint density at radius 1 is 0.847 bits per heavy atom. The van der Waals surface area contributed by atoms with Gasteiger partial charge in [0.25, 0.3) is 8.32 Å². The Kier molecular flexibility index (Phi) is 15.0. The first-order valence-corrected chi connectivity index (χ1v) is 22.9. The van der Waals surface area contributed by atoms with E-state index >= 15 is 0 Å². The topological polar surface area (TPSA) is 163 Å². The lowest BCUT2D eigenvalue weighted by molar-refractivity contribution is -0.145. The van der Waals surface area contributed by atoms with E-state index in [9.17, 15) is 28.8 Å². The van der Waals surface area contributed by atoms with Crippen LogP contribution in [-0.2, 0) is 33.2 Å². The Morgan fingerprint density at radius 2 is 1.44 bits per heavy atom. The van der Waals surface area contributed by atoms with Crippen molar-refractivity contribution in [2.45, 2.75) is 134 Å². The second-order valence-corrected chi connectivity index (χ2v) is 21.3. The molecule has 3 aromatic carbocycles. The van der Waals surface area contributed by atoms with E-state index in [4.69, 9.17) is 4.43 Å². The molecule has 2 aliphatic heterocycles. The minimum absolute atomic E-state index is 0.00149. The summed E-state index contributed by atoms with van der Waals surface area (Å²) in [6.45, 7) is 12.0. The summed E-state index contributed by atoms with van der Waals surface area (Å²) < 4.78 is 7.02. The Hall–Kier alpha value is -5.14. The number of nitrogens with one attached hydrogen (secondary N) is 4. The third-order valence-corrected chi connectivity index (χ3v) is 16.9. The first-order valence-electron chi connectivity index (χ1n) is 21.0. The molecule has 5 amide bonds. The number of rotatable bonds is 15. The number of hydrogen-bond acceptors (Lipinski definition) is 7. The zero-order valence-corrected chi connectivity index (χ0v) is 36.3. The molecule has 0 radical (unpaired) electrons. The van der Waals surface area contributed by atoms with Gasteiger partial charge in [-0.15, -0.1) is 0 Å². The van der Waals surface area contributed by atoms with Crippen molar-refractivity contribution in [3.8, 4) is 0 Å². The highest BCUT2D eigenvalue weighted by molar-refractivity contribution is 6.99. The highest BCUT2D eigenvalue weighted by Crippen LogP contribution is 2.37. The molecule has 0 aliphatic carbocycles. The first-order chi connectivity index (χ1) is 28.1. The molecule has 0 saturated carbocycles. The molecule has 2 heterocycles. The second-order valence-electron chi connectivity index (χ2n) is 17.1. The molecule has 2 fully saturated rings. The molecule has 59 heavy (non-hydrogen) atoms. The van der Waals surface area contributed by atoms with Gasteiger partial charge in [-0.05, 0) is 73.5 Å². The monoisotopic (exact) mass is 823 g/mol. The number of fused-ring (bicyclic) bond motifs is 1. The third-order valence-electron chi connectivity index (χ3n) is 11.8. The van der Waals surface area contributed by atoms with Crippen LogP contribution in [0, 0.1) is 0 Å². The maximum absolute atomic E-state index is 14.0. The molecule has 12 nitrogen and oxygen atoms in total. The predicted molar refractivity (Wildman–Crippen MR) is 231 cm³/mol. The number of para-hydroxylation sites is 1. The third kappa shape index (κ3) is 10.7. The molecule has 13 heteroatoms. The molecule has 5 rings (SSSR count). The number of Topliss-reactive ketones (excluding diaryl/α,β-unsaturated/α-hetero) is 1. The smallest absolute Gasteiger partial charge is 0.262 e. The van der Waals surface area contributed by atoms with Crippen molar-refractivity contribution in [3.63, 3.8) is 0 Å². The average molecular weight is 824 g/mol. The van der Waals surface area contributed by atoms with Crippen molar-refractivity contribution in [2.24, 2.45) is 0 Å². The van der Waals surface area contributed by atoms with Gasteiger partial charge in [-0.25, -0.2) is 0 Å². The van der Waals surface area contributed by atoms with Crippen LogP contribution in [0.4, 0.5) is 5.69 Å². The van der Waals surface area contributed by atoms with Gasteiger partial charge in [-0.3, -0.25) is 28.8 Å². The Bertz CT molecular complexity index is 1900. The number of anilines is 1.